The smallest absolute Gasteiger partial charge is 0.242 e. The molecule has 0 bridgehead atoms. The molecule has 1 aromatic rings. The first kappa shape index (κ1) is 18.5. The van der Waals surface area contributed by atoms with E-state index < -0.39 is 0 Å². The topological polar surface area (TPSA) is 40.6 Å². The van der Waals surface area contributed by atoms with Crippen LogP contribution in [0, 0.1) is 6.92 Å². The molecule has 0 aliphatic carbocycles. The van der Waals surface area contributed by atoms with Crippen molar-refractivity contribution in [3.8, 4) is 0 Å². The Balaban J connectivity index is 2.07. The SMILES string of the molecule is CCCCCC(=O)N(CC(=O)N1CCCCC1)c1ccc(C)cc1. The maximum atomic E-state index is 12.7. The maximum absolute atomic E-state index is 12.7. The Morgan fingerprint density at radius 1 is 1.04 bits per heavy atom. The Hall–Kier alpha value is -1.84. The summed E-state index contributed by atoms with van der Waals surface area (Å²) in [6.07, 6.45) is 6.87. The lowest BCUT2D eigenvalue weighted by Gasteiger charge is -2.30. The van der Waals surface area contributed by atoms with Gasteiger partial charge >= 0.3 is 0 Å². The zero-order chi connectivity index (χ0) is 17.4. The van der Waals surface area contributed by atoms with Crippen LogP contribution in [0.1, 0.15) is 57.4 Å². The summed E-state index contributed by atoms with van der Waals surface area (Å²) in [4.78, 5) is 28.9. The van der Waals surface area contributed by atoms with Crippen LogP contribution >= 0.6 is 0 Å². The minimum Gasteiger partial charge on any atom is -0.341 e. The van der Waals surface area contributed by atoms with Crippen molar-refractivity contribution >= 4 is 17.5 Å². The number of likely N-dealkylation sites (tertiary alicyclic amines) is 1. The number of anilines is 1. The summed E-state index contributed by atoms with van der Waals surface area (Å²) in [5.74, 6) is 0.122. The number of aryl methyl sites for hydroxylation is 1. The van der Waals surface area contributed by atoms with Crippen LogP contribution < -0.4 is 4.90 Å². The molecular formula is C20H30N2O2. The third-order valence-corrected chi connectivity index (χ3v) is 4.64. The zero-order valence-corrected chi connectivity index (χ0v) is 15.1. The van der Waals surface area contributed by atoms with Gasteiger partial charge in [0.1, 0.15) is 6.54 Å². The number of carbonyl (C=O) groups excluding carboxylic acids is 2. The van der Waals surface area contributed by atoms with Gasteiger partial charge in [0.25, 0.3) is 0 Å². The highest BCUT2D eigenvalue weighted by Gasteiger charge is 2.23. The second-order valence-corrected chi connectivity index (χ2v) is 6.71. The summed E-state index contributed by atoms with van der Waals surface area (Å²) in [7, 11) is 0. The average Bonchev–Trinajstić information content (AvgIpc) is 2.61. The van der Waals surface area contributed by atoms with Crippen LogP contribution in [0.2, 0.25) is 0 Å². The van der Waals surface area contributed by atoms with Gasteiger partial charge in [-0.25, -0.2) is 0 Å². The van der Waals surface area contributed by atoms with E-state index >= 15 is 0 Å². The number of unbranched alkanes of at least 4 members (excludes halogenated alkanes) is 2. The number of benzene rings is 1. The van der Waals surface area contributed by atoms with Gasteiger partial charge in [0, 0.05) is 25.2 Å². The molecule has 0 N–H and O–H groups in total. The number of piperidine rings is 1. The van der Waals surface area contributed by atoms with Gasteiger partial charge < -0.3 is 9.80 Å². The summed E-state index contributed by atoms with van der Waals surface area (Å²) in [5, 5.41) is 0. The number of hydrogen-bond donors (Lipinski definition) is 0. The first-order valence-corrected chi connectivity index (χ1v) is 9.26. The van der Waals surface area contributed by atoms with E-state index in [1.165, 1.54) is 6.42 Å². The zero-order valence-electron chi connectivity index (χ0n) is 15.1. The Bertz CT molecular complexity index is 533. The summed E-state index contributed by atoms with van der Waals surface area (Å²) < 4.78 is 0. The van der Waals surface area contributed by atoms with E-state index in [9.17, 15) is 9.59 Å². The van der Waals surface area contributed by atoms with Crippen molar-refractivity contribution in [2.75, 3.05) is 24.5 Å². The number of nitrogens with zero attached hydrogens (tertiary/aromatic N) is 2. The van der Waals surface area contributed by atoms with Crippen molar-refractivity contribution in [1.82, 2.24) is 4.90 Å². The summed E-state index contributed by atoms with van der Waals surface area (Å²) in [6.45, 7) is 5.96. The number of amides is 2. The first-order valence-electron chi connectivity index (χ1n) is 9.26. The van der Waals surface area contributed by atoms with Crippen LogP contribution in [0.3, 0.4) is 0 Å². The second kappa shape index (κ2) is 9.45. The third kappa shape index (κ3) is 5.36. The van der Waals surface area contributed by atoms with Gasteiger partial charge in [-0.05, 0) is 44.7 Å². The maximum Gasteiger partial charge on any atom is 0.242 e. The van der Waals surface area contributed by atoms with Crippen molar-refractivity contribution in [3.05, 3.63) is 29.8 Å². The molecule has 1 aliphatic heterocycles. The van der Waals surface area contributed by atoms with E-state index in [1.54, 1.807) is 4.90 Å². The standard InChI is InChI=1S/C20H30N2O2/c1-3-4-6-9-19(23)22(18-12-10-17(2)11-13-18)16-20(24)21-14-7-5-8-15-21/h10-13H,3-9,14-16H2,1-2H3. The highest BCUT2D eigenvalue weighted by atomic mass is 16.2. The predicted molar refractivity (Wildman–Crippen MR) is 98.1 cm³/mol. The molecule has 0 saturated carbocycles. The van der Waals surface area contributed by atoms with Crippen molar-refractivity contribution < 1.29 is 9.59 Å². The third-order valence-electron chi connectivity index (χ3n) is 4.64. The van der Waals surface area contributed by atoms with Gasteiger partial charge in [0.05, 0.1) is 0 Å². The minimum absolute atomic E-state index is 0.0534. The molecule has 1 aromatic carbocycles. The van der Waals surface area contributed by atoms with E-state index in [1.807, 2.05) is 36.1 Å². The molecule has 4 heteroatoms. The molecule has 0 atom stereocenters. The van der Waals surface area contributed by atoms with Crippen LogP contribution in [0.25, 0.3) is 0 Å². The molecule has 24 heavy (non-hydrogen) atoms. The molecule has 1 aliphatic rings. The fourth-order valence-electron chi connectivity index (χ4n) is 3.09. The van der Waals surface area contributed by atoms with Crippen LogP contribution in [0.5, 0.6) is 0 Å². The monoisotopic (exact) mass is 330 g/mol. The number of rotatable bonds is 7. The Kier molecular flexibility index (Phi) is 7.29. The number of carbonyl (C=O) groups is 2. The molecule has 0 spiro atoms. The number of hydrogen-bond acceptors (Lipinski definition) is 2. The molecule has 1 heterocycles. The van der Waals surface area contributed by atoms with Gasteiger partial charge in [-0.3, -0.25) is 9.59 Å². The predicted octanol–water partition coefficient (Wildman–Crippen LogP) is 3.92. The second-order valence-electron chi connectivity index (χ2n) is 6.71. The van der Waals surface area contributed by atoms with Gasteiger partial charge in [0.15, 0.2) is 0 Å². The molecule has 2 rings (SSSR count). The molecule has 2 amide bonds. The van der Waals surface area contributed by atoms with Crippen LogP contribution in [0.4, 0.5) is 5.69 Å². The normalized spacial score (nSPS) is 14.5. The largest absolute Gasteiger partial charge is 0.341 e. The van der Waals surface area contributed by atoms with Crippen molar-refractivity contribution in [1.29, 1.82) is 0 Å². The summed E-state index contributed by atoms with van der Waals surface area (Å²) in [5.41, 5.74) is 1.98. The molecule has 132 valence electrons. The van der Waals surface area contributed by atoms with Crippen molar-refractivity contribution in [3.63, 3.8) is 0 Å². The molecule has 0 aromatic heterocycles. The molecule has 0 radical (unpaired) electrons. The quantitative estimate of drug-likeness (QED) is 0.711. The molecular weight excluding hydrogens is 300 g/mol. The molecule has 0 unspecified atom stereocenters. The van der Waals surface area contributed by atoms with E-state index in [2.05, 4.69) is 6.92 Å². The Morgan fingerprint density at radius 2 is 1.71 bits per heavy atom. The molecule has 1 fully saturated rings. The molecule has 4 nitrogen and oxygen atoms in total. The summed E-state index contributed by atoms with van der Waals surface area (Å²) in [6, 6.07) is 7.87. The summed E-state index contributed by atoms with van der Waals surface area (Å²) >= 11 is 0. The minimum atomic E-state index is 0.0534. The highest BCUT2D eigenvalue weighted by molar-refractivity contribution is 5.98. The van der Waals surface area contributed by atoms with Crippen molar-refractivity contribution in [2.24, 2.45) is 0 Å². The van der Waals surface area contributed by atoms with E-state index in [-0.39, 0.29) is 18.4 Å². The van der Waals surface area contributed by atoms with Crippen molar-refractivity contribution in [2.45, 2.75) is 58.8 Å². The Morgan fingerprint density at radius 3 is 2.33 bits per heavy atom. The van der Waals surface area contributed by atoms with Gasteiger partial charge in [-0.15, -0.1) is 0 Å². The van der Waals surface area contributed by atoms with E-state index in [0.717, 1.165) is 56.4 Å². The van der Waals surface area contributed by atoms with Gasteiger partial charge in [-0.1, -0.05) is 37.5 Å². The first-order chi connectivity index (χ1) is 11.6. The van der Waals surface area contributed by atoms with E-state index in [0.29, 0.717) is 6.42 Å². The van der Waals surface area contributed by atoms with Crippen LogP contribution in [-0.2, 0) is 9.59 Å². The average molecular weight is 330 g/mol. The lowest BCUT2D eigenvalue weighted by Crippen LogP contribution is -2.44. The highest BCUT2D eigenvalue weighted by Crippen LogP contribution is 2.18. The van der Waals surface area contributed by atoms with Gasteiger partial charge in [-0.2, -0.15) is 0 Å². The fraction of sp³-hybridized carbons (Fsp3) is 0.600. The molecule has 1 saturated heterocycles. The van der Waals surface area contributed by atoms with E-state index in [4.69, 9.17) is 0 Å². The lowest BCUT2D eigenvalue weighted by atomic mass is 10.1. The van der Waals surface area contributed by atoms with Gasteiger partial charge in [0.2, 0.25) is 11.8 Å². The fourth-order valence-corrected chi connectivity index (χ4v) is 3.09. The van der Waals surface area contributed by atoms with Crippen LogP contribution in [0.15, 0.2) is 24.3 Å². The van der Waals surface area contributed by atoms with Crippen LogP contribution in [-0.4, -0.2) is 36.3 Å². The Labute approximate surface area is 145 Å². The lowest BCUT2D eigenvalue weighted by molar-refractivity contribution is -0.132.